The zero-order chi connectivity index (χ0) is 13.1. The van der Waals surface area contributed by atoms with E-state index in [-0.39, 0.29) is 6.10 Å². The number of aliphatic hydroxyl groups excluding tert-OH is 1. The largest absolute Gasteiger partial charge is 0.392 e. The van der Waals surface area contributed by atoms with E-state index >= 15 is 0 Å². The van der Waals surface area contributed by atoms with E-state index in [2.05, 4.69) is 26.6 Å². The fourth-order valence-electron chi connectivity index (χ4n) is 2.31. The normalized spacial score (nSPS) is 17.4. The molecule has 1 heterocycles. The summed E-state index contributed by atoms with van der Waals surface area (Å²) >= 11 is 0. The summed E-state index contributed by atoms with van der Waals surface area (Å²) in [6, 6.07) is 0. The van der Waals surface area contributed by atoms with Gasteiger partial charge in [-0.25, -0.2) is 0 Å². The van der Waals surface area contributed by atoms with Crippen LogP contribution in [0.4, 0.5) is 0 Å². The Morgan fingerprint density at radius 1 is 1.44 bits per heavy atom. The van der Waals surface area contributed by atoms with Crippen LogP contribution in [0.2, 0.25) is 0 Å². The molecule has 5 nitrogen and oxygen atoms in total. The Balaban J connectivity index is 1.91. The van der Waals surface area contributed by atoms with Crippen LogP contribution in [0.5, 0.6) is 0 Å². The maximum absolute atomic E-state index is 9.93. The van der Waals surface area contributed by atoms with Crippen LogP contribution in [0.15, 0.2) is 0 Å². The van der Waals surface area contributed by atoms with Crippen LogP contribution in [-0.4, -0.2) is 44.5 Å². The Hall–Kier alpha value is -0.940. The first-order valence-electron chi connectivity index (χ1n) is 6.87. The SMILES string of the molecule is CCCn1c(C)nnc1CN(C)CC(O)C1CC1. The molecule has 1 saturated carbocycles. The van der Waals surface area contributed by atoms with Gasteiger partial charge in [0.05, 0.1) is 12.6 Å². The van der Waals surface area contributed by atoms with Crippen molar-refractivity contribution < 1.29 is 5.11 Å². The molecule has 0 spiro atoms. The summed E-state index contributed by atoms with van der Waals surface area (Å²) in [4.78, 5) is 2.14. The van der Waals surface area contributed by atoms with Gasteiger partial charge in [-0.2, -0.15) is 0 Å². The standard InChI is InChI=1S/C13H24N4O/c1-4-7-17-10(2)14-15-13(17)9-16(3)8-12(18)11-5-6-11/h11-12,18H,4-9H2,1-3H3. The molecular weight excluding hydrogens is 228 g/mol. The van der Waals surface area contributed by atoms with Crippen molar-refractivity contribution in [2.24, 2.45) is 5.92 Å². The van der Waals surface area contributed by atoms with Crippen molar-refractivity contribution in [3.8, 4) is 0 Å². The average molecular weight is 252 g/mol. The Labute approximate surface area is 109 Å². The van der Waals surface area contributed by atoms with E-state index in [9.17, 15) is 5.11 Å². The lowest BCUT2D eigenvalue weighted by molar-refractivity contribution is 0.102. The van der Waals surface area contributed by atoms with Crippen molar-refractivity contribution in [2.45, 2.75) is 52.3 Å². The number of likely N-dealkylation sites (N-methyl/N-ethyl adjacent to an activating group) is 1. The fraction of sp³-hybridized carbons (Fsp3) is 0.846. The molecule has 102 valence electrons. The van der Waals surface area contributed by atoms with Gasteiger partial charge in [0, 0.05) is 13.1 Å². The second-order valence-corrected chi connectivity index (χ2v) is 5.42. The van der Waals surface area contributed by atoms with Crippen molar-refractivity contribution >= 4 is 0 Å². The van der Waals surface area contributed by atoms with Gasteiger partial charge in [0.1, 0.15) is 11.6 Å². The molecule has 1 atom stereocenters. The Bertz CT molecular complexity index is 386. The Morgan fingerprint density at radius 2 is 2.17 bits per heavy atom. The van der Waals surface area contributed by atoms with Gasteiger partial charge >= 0.3 is 0 Å². The third-order valence-corrected chi connectivity index (χ3v) is 3.54. The zero-order valence-electron chi connectivity index (χ0n) is 11.6. The third-order valence-electron chi connectivity index (χ3n) is 3.54. The van der Waals surface area contributed by atoms with Crippen LogP contribution >= 0.6 is 0 Å². The highest BCUT2D eigenvalue weighted by Crippen LogP contribution is 2.32. The third kappa shape index (κ3) is 3.29. The molecule has 1 aliphatic carbocycles. The van der Waals surface area contributed by atoms with E-state index in [1.807, 2.05) is 14.0 Å². The van der Waals surface area contributed by atoms with Gasteiger partial charge < -0.3 is 9.67 Å². The molecule has 0 aromatic carbocycles. The summed E-state index contributed by atoms with van der Waals surface area (Å²) in [6.07, 6.45) is 3.26. The van der Waals surface area contributed by atoms with Crippen LogP contribution in [0.1, 0.15) is 37.8 Å². The summed E-state index contributed by atoms with van der Waals surface area (Å²) in [5.41, 5.74) is 0. The second kappa shape index (κ2) is 5.80. The molecule has 0 aliphatic heterocycles. The summed E-state index contributed by atoms with van der Waals surface area (Å²) in [5, 5.41) is 18.3. The zero-order valence-corrected chi connectivity index (χ0v) is 11.6. The predicted octanol–water partition coefficient (Wildman–Crippen LogP) is 1.20. The smallest absolute Gasteiger partial charge is 0.147 e. The molecule has 1 aromatic rings. The highest BCUT2D eigenvalue weighted by molar-refractivity contribution is 4.94. The first kappa shape index (κ1) is 13.5. The quantitative estimate of drug-likeness (QED) is 0.792. The summed E-state index contributed by atoms with van der Waals surface area (Å²) in [7, 11) is 2.03. The minimum absolute atomic E-state index is 0.182. The number of aromatic nitrogens is 3. The van der Waals surface area contributed by atoms with Crippen LogP contribution < -0.4 is 0 Å². The molecule has 1 aromatic heterocycles. The highest BCUT2D eigenvalue weighted by atomic mass is 16.3. The molecule has 2 rings (SSSR count). The monoisotopic (exact) mass is 252 g/mol. The molecule has 0 bridgehead atoms. The van der Waals surface area contributed by atoms with Crippen molar-refractivity contribution in [3.05, 3.63) is 11.6 Å². The summed E-state index contributed by atoms with van der Waals surface area (Å²) in [5.74, 6) is 2.51. The molecule has 1 unspecified atom stereocenters. The van der Waals surface area contributed by atoms with Crippen LogP contribution in [-0.2, 0) is 13.1 Å². The Morgan fingerprint density at radius 3 is 2.78 bits per heavy atom. The average Bonchev–Trinajstić information content (AvgIpc) is 3.11. The highest BCUT2D eigenvalue weighted by Gasteiger charge is 2.30. The second-order valence-electron chi connectivity index (χ2n) is 5.42. The fourth-order valence-corrected chi connectivity index (χ4v) is 2.31. The summed E-state index contributed by atoms with van der Waals surface area (Å²) < 4.78 is 2.17. The van der Waals surface area contributed by atoms with Gasteiger partial charge in [-0.15, -0.1) is 10.2 Å². The molecular formula is C13H24N4O. The van der Waals surface area contributed by atoms with Gasteiger partial charge in [0.15, 0.2) is 0 Å². The number of nitrogens with zero attached hydrogens (tertiary/aromatic N) is 4. The maximum atomic E-state index is 9.93. The van der Waals surface area contributed by atoms with Gasteiger partial charge in [0.25, 0.3) is 0 Å². The van der Waals surface area contributed by atoms with E-state index in [4.69, 9.17) is 0 Å². The van der Waals surface area contributed by atoms with E-state index < -0.39 is 0 Å². The van der Waals surface area contributed by atoms with Crippen molar-refractivity contribution in [1.82, 2.24) is 19.7 Å². The predicted molar refractivity (Wildman–Crippen MR) is 70.1 cm³/mol. The first-order chi connectivity index (χ1) is 8.61. The van der Waals surface area contributed by atoms with Gasteiger partial charge in [-0.1, -0.05) is 6.92 Å². The van der Waals surface area contributed by atoms with E-state index in [0.29, 0.717) is 5.92 Å². The number of aryl methyl sites for hydroxylation is 1. The Kier molecular flexibility index (Phi) is 4.35. The molecule has 1 N–H and O–H groups in total. The minimum atomic E-state index is -0.182. The molecule has 1 fully saturated rings. The van der Waals surface area contributed by atoms with Crippen LogP contribution in [0.25, 0.3) is 0 Å². The lowest BCUT2D eigenvalue weighted by Crippen LogP contribution is -2.31. The molecule has 1 aliphatic rings. The van der Waals surface area contributed by atoms with Crippen molar-refractivity contribution in [2.75, 3.05) is 13.6 Å². The lowest BCUT2D eigenvalue weighted by atomic mass is 10.2. The van der Waals surface area contributed by atoms with Crippen LogP contribution in [0.3, 0.4) is 0 Å². The molecule has 5 heteroatoms. The molecule has 0 radical (unpaired) electrons. The number of hydrogen-bond donors (Lipinski definition) is 1. The van der Waals surface area contributed by atoms with E-state index in [1.165, 1.54) is 12.8 Å². The van der Waals surface area contributed by atoms with E-state index in [0.717, 1.165) is 37.7 Å². The van der Waals surface area contributed by atoms with E-state index in [1.54, 1.807) is 0 Å². The number of hydrogen-bond acceptors (Lipinski definition) is 4. The van der Waals surface area contributed by atoms with Gasteiger partial charge in [0.2, 0.25) is 0 Å². The maximum Gasteiger partial charge on any atom is 0.147 e. The van der Waals surface area contributed by atoms with Crippen molar-refractivity contribution in [3.63, 3.8) is 0 Å². The van der Waals surface area contributed by atoms with Gasteiger partial charge in [-0.3, -0.25) is 4.90 Å². The minimum Gasteiger partial charge on any atom is -0.392 e. The number of rotatable bonds is 7. The molecule has 0 saturated heterocycles. The molecule has 18 heavy (non-hydrogen) atoms. The molecule has 0 amide bonds. The van der Waals surface area contributed by atoms with Crippen LogP contribution in [0, 0.1) is 12.8 Å². The summed E-state index contributed by atoms with van der Waals surface area (Å²) in [6.45, 7) is 6.59. The van der Waals surface area contributed by atoms with Crippen molar-refractivity contribution in [1.29, 1.82) is 0 Å². The topological polar surface area (TPSA) is 54.2 Å². The number of aliphatic hydroxyl groups is 1. The first-order valence-corrected chi connectivity index (χ1v) is 6.87. The van der Waals surface area contributed by atoms with Gasteiger partial charge in [-0.05, 0) is 39.2 Å². The lowest BCUT2D eigenvalue weighted by Gasteiger charge is -2.20.